The van der Waals surface area contributed by atoms with Gasteiger partial charge in [-0.2, -0.15) is 0 Å². The molecule has 148 valence electrons. The molecule has 2 saturated heterocycles. The first kappa shape index (κ1) is 18.8. The Hall–Kier alpha value is -2.57. The van der Waals surface area contributed by atoms with E-state index >= 15 is 0 Å². The normalized spacial score (nSPS) is 25.8. The van der Waals surface area contributed by atoms with Gasteiger partial charge in [0, 0.05) is 13.1 Å². The van der Waals surface area contributed by atoms with Crippen LogP contribution in [0.3, 0.4) is 0 Å². The number of carbonyl (C=O) groups is 1. The summed E-state index contributed by atoms with van der Waals surface area (Å²) in [5, 5.41) is 31.8. The van der Waals surface area contributed by atoms with Crippen LogP contribution in [0.5, 0.6) is 11.5 Å². The van der Waals surface area contributed by atoms with Crippen molar-refractivity contribution in [2.24, 2.45) is 0 Å². The van der Waals surface area contributed by atoms with Gasteiger partial charge in [-0.15, -0.1) is 0 Å². The summed E-state index contributed by atoms with van der Waals surface area (Å²) in [6.45, 7) is 2.48. The number of amides is 1. The summed E-state index contributed by atoms with van der Waals surface area (Å²) in [5.41, 5.74) is -0.249. The van der Waals surface area contributed by atoms with E-state index in [0.29, 0.717) is 19.5 Å². The van der Waals surface area contributed by atoms with Gasteiger partial charge in [0.15, 0.2) is 0 Å². The highest BCUT2D eigenvalue weighted by atomic mass is 16.3. The van der Waals surface area contributed by atoms with Gasteiger partial charge in [-0.3, -0.25) is 9.69 Å². The van der Waals surface area contributed by atoms with Gasteiger partial charge in [-0.05, 0) is 50.0 Å². The van der Waals surface area contributed by atoms with Crippen molar-refractivity contribution >= 4 is 5.91 Å². The zero-order valence-corrected chi connectivity index (χ0v) is 15.8. The topological polar surface area (TPSA) is 84.2 Å². The molecule has 2 aliphatic heterocycles. The fraction of sp³-hybridized carbons (Fsp3) is 0.409. The molecule has 0 saturated carbocycles. The predicted molar refractivity (Wildman–Crippen MR) is 105 cm³/mol. The van der Waals surface area contributed by atoms with Crippen LogP contribution < -0.4 is 0 Å². The van der Waals surface area contributed by atoms with Crippen molar-refractivity contribution in [1.29, 1.82) is 0 Å². The van der Waals surface area contributed by atoms with Crippen molar-refractivity contribution in [3.05, 3.63) is 59.7 Å². The molecule has 2 aliphatic rings. The number of hydrogen-bond acceptors (Lipinski definition) is 5. The maximum absolute atomic E-state index is 13.1. The molecule has 6 heteroatoms. The summed E-state index contributed by atoms with van der Waals surface area (Å²) in [6, 6.07) is 13.7. The lowest BCUT2D eigenvalue weighted by molar-refractivity contribution is -0.0878. The minimum atomic E-state index is -1.04. The molecule has 1 amide bonds. The largest absolute Gasteiger partial charge is 0.507 e. The number of phenols is 2. The third-order valence-corrected chi connectivity index (χ3v) is 6.08. The van der Waals surface area contributed by atoms with Gasteiger partial charge in [-0.1, -0.05) is 36.4 Å². The van der Waals surface area contributed by atoms with Gasteiger partial charge < -0.3 is 20.2 Å². The lowest BCUT2D eigenvalue weighted by atomic mass is 9.79. The minimum absolute atomic E-state index is 0.0761. The highest BCUT2D eigenvalue weighted by Gasteiger charge is 2.47. The number of aromatic hydroxyl groups is 2. The summed E-state index contributed by atoms with van der Waals surface area (Å²) in [4.78, 5) is 17.0. The predicted octanol–water partition coefficient (Wildman–Crippen LogP) is 2.30. The van der Waals surface area contributed by atoms with Gasteiger partial charge in [-0.25, -0.2) is 0 Å². The van der Waals surface area contributed by atoms with Crippen molar-refractivity contribution < 1.29 is 20.1 Å². The van der Waals surface area contributed by atoms with Crippen LogP contribution in [0, 0.1) is 0 Å². The van der Waals surface area contributed by atoms with Crippen LogP contribution in [-0.2, 0) is 5.60 Å². The molecule has 0 bridgehead atoms. The van der Waals surface area contributed by atoms with Crippen molar-refractivity contribution in [3.8, 4) is 11.5 Å². The van der Waals surface area contributed by atoms with E-state index < -0.39 is 11.5 Å². The number of rotatable bonds is 3. The molecule has 2 fully saturated rings. The zero-order valence-electron chi connectivity index (χ0n) is 15.8. The van der Waals surface area contributed by atoms with Gasteiger partial charge in [0.05, 0.1) is 6.04 Å². The van der Waals surface area contributed by atoms with Crippen LogP contribution >= 0.6 is 0 Å². The van der Waals surface area contributed by atoms with E-state index in [2.05, 4.69) is 4.90 Å². The first-order valence-electron chi connectivity index (χ1n) is 9.83. The lowest BCUT2D eigenvalue weighted by Crippen LogP contribution is -2.61. The minimum Gasteiger partial charge on any atom is -0.507 e. The van der Waals surface area contributed by atoms with E-state index in [9.17, 15) is 20.1 Å². The third kappa shape index (κ3) is 3.23. The molecule has 28 heavy (non-hydrogen) atoms. The number of benzene rings is 2. The lowest BCUT2D eigenvalue weighted by Gasteiger charge is -2.48. The number of likely N-dealkylation sites (tertiary alicyclic amines) is 2. The third-order valence-electron chi connectivity index (χ3n) is 6.08. The first-order chi connectivity index (χ1) is 13.5. The number of piperidine rings is 1. The molecule has 0 spiro atoms. The van der Waals surface area contributed by atoms with Gasteiger partial charge in [0.25, 0.3) is 5.91 Å². The number of hydrogen-bond donors (Lipinski definition) is 3. The fourth-order valence-corrected chi connectivity index (χ4v) is 4.55. The van der Waals surface area contributed by atoms with Crippen LogP contribution in [0.1, 0.15) is 35.2 Å². The van der Waals surface area contributed by atoms with E-state index in [1.165, 1.54) is 18.2 Å². The van der Waals surface area contributed by atoms with Crippen molar-refractivity contribution in [1.82, 2.24) is 9.80 Å². The van der Waals surface area contributed by atoms with E-state index in [0.717, 1.165) is 31.5 Å². The van der Waals surface area contributed by atoms with E-state index in [-0.39, 0.29) is 23.1 Å². The Labute approximate surface area is 164 Å². The zero-order chi connectivity index (χ0) is 19.7. The molecule has 0 radical (unpaired) electrons. The van der Waals surface area contributed by atoms with Crippen molar-refractivity contribution in [2.75, 3.05) is 26.2 Å². The van der Waals surface area contributed by atoms with Gasteiger partial charge in [0.1, 0.15) is 22.7 Å². The van der Waals surface area contributed by atoms with E-state index in [4.69, 9.17) is 0 Å². The fourth-order valence-electron chi connectivity index (χ4n) is 4.55. The summed E-state index contributed by atoms with van der Waals surface area (Å²) in [7, 11) is 0. The SMILES string of the molecule is O=C(c1c(O)cccc1O)N1CC[C@](O)(c2ccccc2)[C@H](N2CCCC2)C1. The molecule has 0 aliphatic carbocycles. The highest BCUT2D eigenvalue weighted by Crippen LogP contribution is 2.38. The second-order valence-electron chi connectivity index (χ2n) is 7.72. The maximum atomic E-state index is 13.1. The second kappa shape index (κ2) is 7.45. The molecule has 6 nitrogen and oxygen atoms in total. The maximum Gasteiger partial charge on any atom is 0.261 e. The Morgan fingerprint density at radius 1 is 0.929 bits per heavy atom. The van der Waals surface area contributed by atoms with Crippen molar-refractivity contribution in [3.63, 3.8) is 0 Å². The molecule has 2 atom stereocenters. The number of nitrogens with zero attached hydrogens (tertiary/aromatic N) is 2. The Bertz CT molecular complexity index is 831. The Morgan fingerprint density at radius 2 is 1.57 bits per heavy atom. The Balaban J connectivity index is 1.65. The van der Waals surface area contributed by atoms with Gasteiger partial charge in [0.2, 0.25) is 0 Å². The Morgan fingerprint density at radius 3 is 2.21 bits per heavy atom. The quantitative estimate of drug-likeness (QED) is 0.759. The molecule has 0 unspecified atom stereocenters. The van der Waals surface area contributed by atoms with Crippen LogP contribution in [0.2, 0.25) is 0 Å². The molecule has 2 aromatic rings. The molecule has 4 rings (SSSR count). The van der Waals surface area contributed by atoms with E-state index in [1.54, 1.807) is 4.90 Å². The average molecular weight is 382 g/mol. The molecule has 3 N–H and O–H groups in total. The molecule has 0 aromatic heterocycles. The molecule has 2 aromatic carbocycles. The standard InChI is InChI=1S/C22H26N2O4/c25-17-9-6-10-18(26)20(17)21(27)24-14-11-22(28,16-7-2-1-3-8-16)19(15-24)23-12-4-5-13-23/h1-3,6-10,19,25-26,28H,4-5,11-15H2/t19-,22+/m1/s1. The molecule has 2 heterocycles. The first-order valence-corrected chi connectivity index (χ1v) is 9.83. The summed E-state index contributed by atoms with van der Waals surface area (Å²) >= 11 is 0. The number of phenolic OH excluding ortho intramolecular Hbond substituents is 2. The van der Waals surface area contributed by atoms with Crippen LogP contribution in [0.15, 0.2) is 48.5 Å². The van der Waals surface area contributed by atoms with Crippen LogP contribution in [0.4, 0.5) is 0 Å². The molecular formula is C22H26N2O4. The Kier molecular flexibility index (Phi) is 5.00. The monoisotopic (exact) mass is 382 g/mol. The van der Waals surface area contributed by atoms with Crippen molar-refractivity contribution in [2.45, 2.75) is 30.9 Å². The smallest absolute Gasteiger partial charge is 0.261 e. The van der Waals surface area contributed by atoms with Crippen LogP contribution in [0.25, 0.3) is 0 Å². The summed E-state index contributed by atoms with van der Waals surface area (Å²) in [6.07, 6.45) is 2.56. The van der Waals surface area contributed by atoms with Gasteiger partial charge >= 0.3 is 0 Å². The summed E-state index contributed by atoms with van der Waals surface area (Å²) in [5.74, 6) is -0.867. The number of carbonyl (C=O) groups excluding carboxylic acids is 1. The highest BCUT2D eigenvalue weighted by molar-refractivity contribution is 5.99. The van der Waals surface area contributed by atoms with E-state index in [1.807, 2.05) is 30.3 Å². The average Bonchev–Trinajstić information content (AvgIpc) is 3.23. The second-order valence-corrected chi connectivity index (χ2v) is 7.72. The summed E-state index contributed by atoms with van der Waals surface area (Å²) < 4.78 is 0. The van der Waals surface area contributed by atoms with Crippen LogP contribution in [-0.4, -0.2) is 63.2 Å². The number of aliphatic hydroxyl groups is 1. The molecular weight excluding hydrogens is 356 g/mol.